The van der Waals surface area contributed by atoms with Crippen LogP contribution in [-0.2, 0) is 16.0 Å². The zero-order valence-corrected chi connectivity index (χ0v) is 17.0. The van der Waals surface area contributed by atoms with Gasteiger partial charge in [-0.05, 0) is 37.3 Å². The Kier molecular flexibility index (Phi) is 6.11. The highest BCUT2D eigenvalue weighted by Crippen LogP contribution is 2.31. The van der Waals surface area contributed by atoms with Gasteiger partial charge in [0.25, 0.3) is 0 Å². The van der Waals surface area contributed by atoms with Crippen molar-refractivity contribution < 1.29 is 9.59 Å². The van der Waals surface area contributed by atoms with Gasteiger partial charge in [0.1, 0.15) is 5.82 Å². The molecule has 2 aromatic rings. The molecule has 3 rings (SSSR count). The first-order valence-electron chi connectivity index (χ1n) is 9.85. The lowest BCUT2D eigenvalue weighted by Gasteiger charge is -2.23. The van der Waals surface area contributed by atoms with E-state index in [-0.39, 0.29) is 23.9 Å². The summed E-state index contributed by atoms with van der Waals surface area (Å²) in [5.41, 5.74) is 2.12. The molecule has 1 fully saturated rings. The molecule has 0 bridgehead atoms. The van der Waals surface area contributed by atoms with Crippen molar-refractivity contribution in [3.63, 3.8) is 0 Å². The van der Waals surface area contributed by atoms with Crippen molar-refractivity contribution in [3.05, 3.63) is 47.0 Å². The number of aryl methyl sites for hydroxylation is 2. The van der Waals surface area contributed by atoms with E-state index in [0.717, 1.165) is 11.1 Å². The third kappa shape index (κ3) is 4.77. The molecule has 0 aliphatic carbocycles. The first-order valence-corrected chi connectivity index (χ1v) is 9.85. The molecule has 1 aromatic carbocycles. The van der Waals surface area contributed by atoms with Gasteiger partial charge < -0.3 is 10.2 Å². The van der Waals surface area contributed by atoms with E-state index in [4.69, 9.17) is 0 Å². The number of carbonyl (C=O) groups is 2. The number of carbonyl (C=O) groups excluding carboxylic acids is 2. The van der Waals surface area contributed by atoms with Crippen LogP contribution in [0, 0.1) is 19.8 Å². The highest BCUT2D eigenvalue weighted by atomic mass is 16.2. The molecule has 7 heteroatoms. The summed E-state index contributed by atoms with van der Waals surface area (Å²) < 4.78 is 0. The van der Waals surface area contributed by atoms with Crippen LogP contribution in [0.25, 0.3) is 0 Å². The van der Waals surface area contributed by atoms with Crippen molar-refractivity contribution in [3.8, 4) is 0 Å². The van der Waals surface area contributed by atoms with Crippen LogP contribution in [0.1, 0.15) is 55.5 Å². The van der Waals surface area contributed by atoms with Crippen molar-refractivity contribution >= 4 is 11.8 Å². The lowest BCUT2D eigenvalue weighted by Crippen LogP contribution is -2.39. The molecule has 0 radical (unpaired) electrons. The second-order valence-corrected chi connectivity index (χ2v) is 8.04. The van der Waals surface area contributed by atoms with E-state index in [0.29, 0.717) is 43.4 Å². The topological polar surface area (TPSA) is 91.0 Å². The van der Waals surface area contributed by atoms with E-state index in [9.17, 15) is 9.59 Å². The summed E-state index contributed by atoms with van der Waals surface area (Å²) in [6.07, 6.45) is 1.44. The highest BCUT2D eigenvalue weighted by Gasteiger charge is 2.38. The predicted octanol–water partition coefficient (Wildman–Crippen LogP) is 2.47. The minimum absolute atomic E-state index is 0.0260. The molecule has 0 spiro atoms. The fourth-order valence-electron chi connectivity index (χ4n) is 3.70. The summed E-state index contributed by atoms with van der Waals surface area (Å²) >= 11 is 0. The smallest absolute Gasteiger partial charge is 0.227 e. The van der Waals surface area contributed by atoms with Gasteiger partial charge in [-0.2, -0.15) is 5.10 Å². The molecule has 1 aromatic heterocycles. The standard InChI is InChI=1S/C21H29N5O2/c1-13(2)9-19(27)23-17-11-18(21-22-15(4)24-25-21)26(12-17)20(28)10-16-8-6-5-7-14(16)3/h5-8,13,17-18H,9-12H2,1-4H3,(H,23,27)(H,22,24,25)/t17-,18-/m0/s1. The minimum Gasteiger partial charge on any atom is -0.351 e. The van der Waals surface area contributed by atoms with Gasteiger partial charge in [0.05, 0.1) is 12.5 Å². The van der Waals surface area contributed by atoms with Gasteiger partial charge in [0.15, 0.2) is 5.82 Å². The molecule has 1 saturated heterocycles. The number of hydrogen-bond acceptors (Lipinski definition) is 4. The van der Waals surface area contributed by atoms with E-state index in [1.54, 1.807) is 0 Å². The van der Waals surface area contributed by atoms with Crippen LogP contribution in [0.2, 0.25) is 0 Å². The van der Waals surface area contributed by atoms with Crippen LogP contribution < -0.4 is 5.32 Å². The average molecular weight is 383 g/mol. The Bertz CT molecular complexity index is 845. The van der Waals surface area contributed by atoms with Crippen LogP contribution in [0.3, 0.4) is 0 Å². The second kappa shape index (κ2) is 8.54. The van der Waals surface area contributed by atoms with E-state index < -0.39 is 0 Å². The van der Waals surface area contributed by atoms with Crippen LogP contribution in [0.5, 0.6) is 0 Å². The number of amides is 2. The molecular weight excluding hydrogens is 354 g/mol. The molecule has 28 heavy (non-hydrogen) atoms. The lowest BCUT2D eigenvalue weighted by molar-refractivity contribution is -0.132. The Hall–Kier alpha value is -2.70. The number of hydrogen-bond donors (Lipinski definition) is 2. The molecule has 2 atom stereocenters. The maximum atomic E-state index is 13.1. The molecule has 150 valence electrons. The number of nitrogens with zero attached hydrogens (tertiary/aromatic N) is 3. The van der Waals surface area contributed by atoms with E-state index in [1.807, 2.05) is 56.9 Å². The number of nitrogens with one attached hydrogen (secondary N) is 2. The minimum atomic E-state index is -0.231. The highest BCUT2D eigenvalue weighted by molar-refractivity contribution is 5.80. The number of rotatable bonds is 6. The zero-order chi connectivity index (χ0) is 20.3. The monoisotopic (exact) mass is 383 g/mol. The van der Waals surface area contributed by atoms with Gasteiger partial charge in [0.2, 0.25) is 11.8 Å². The molecule has 1 aliphatic rings. The fraction of sp³-hybridized carbons (Fsp3) is 0.524. The van der Waals surface area contributed by atoms with Gasteiger partial charge in [-0.3, -0.25) is 14.7 Å². The maximum Gasteiger partial charge on any atom is 0.227 e. The number of likely N-dealkylation sites (tertiary alicyclic amines) is 1. The Labute approximate surface area is 165 Å². The summed E-state index contributed by atoms with van der Waals surface area (Å²) in [5, 5.41) is 10.2. The molecular formula is C21H29N5O2. The summed E-state index contributed by atoms with van der Waals surface area (Å²) in [6.45, 7) is 8.37. The lowest BCUT2D eigenvalue weighted by atomic mass is 10.0. The van der Waals surface area contributed by atoms with Crippen molar-refractivity contribution in [2.24, 2.45) is 5.92 Å². The van der Waals surface area contributed by atoms with Gasteiger partial charge in [-0.1, -0.05) is 38.1 Å². The fourth-order valence-corrected chi connectivity index (χ4v) is 3.70. The molecule has 0 saturated carbocycles. The van der Waals surface area contributed by atoms with Crippen molar-refractivity contribution in [2.75, 3.05) is 6.54 Å². The molecule has 0 unspecified atom stereocenters. The predicted molar refractivity (Wildman–Crippen MR) is 106 cm³/mol. The van der Waals surface area contributed by atoms with E-state index in [1.165, 1.54) is 0 Å². The summed E-state index contributed by atoms with van der Waals surface area (Å²) in [6, 6.07) is 7.60. The number of benzene rings is 1. The van der Waals surface area contributed by atoms with Crippen LogP contribution in [-0.4, -0.2) is 44.5 Å². The SMILES string of the molecule is Cc1nc([C@@H]2C[C@H](NC(=O)CC(C)C)CN2C(=O)Cc2ccccc2C)n[nH]1. The first kappa shape index (κ1) is 20.0. The number of aromatic amines is 1. The van der Waals surface area contributed by atoms with Gasteiger partial charge >= 0.3 is 0 Å². The second-order valence-electron chi connectivity index (χ2n) is 8.04. The normalized spacial score (nSPS) is 19.2. The molecule has 1 aliphatic heterocycles. The third-order valence-electron chi connectivity index (χ3n) is 5.10. The largest absolute Gasteiger partial charge is 0.351 e. The van der Waals surface area contributed by atoms with Crippen LogP contribution in [0.15, 0.2) is 24.3 Å². The van der Waals surface area contributed by atoms with Crippen molar-refractivity contribution in [1.29, 1.82) is 0 Å². The summed E-state index contributed by atoms with van der Waals surface area (Å²) in [5.74, 6) is 1.68. The van der Waals surface area contributed by atoms with Crippen LogP contribution in [0.4, 0.5) is 0 Å². The molecule has 2 amide bonds. The Balaban J connectivity index is 1.76. The molecule has 2 N–H and O–H groups in total. The molecule has 7 nitrogen and oxygen atoms in total. The van der Waals surface area contributed by atoms with Gasteiger partial charge in [-0.15, -0.1) is 0 Å². The van der Waals surface area contributed by atoms with Crippen molar-refractivity contribution in [1.82, 2.24) is 25.4 Å². The van der Waals surface area contributed by atoms with Crippen molar-refractivity contribution in [2.45, 2.75) is 59.0 Å². The van der Waals surface area contributed by atoms with Crippen LogP contribution >= 0.6 is 0 Å². The number of aromatic nitrogens is 3. The Morgan fingerprint density at radius 2 is 2.04 bits per heavy atom. The average Bonchev–Trinajstić information content (AvgIpc) is 3.22. The summed E-state index contributed by atoms with van der Waals surface area (Å²) in [4.78, 5) is 31.6. The Morgan fingerprint density at radius 3 is 2.68 bits per heavy atom. The van der Waals surface area contributed by atoms with E-state index >= 15 is 0 Å². The van der Waals surface area contributed by atoms with Gasteiger partial charge in [-0.25, -0.2) is 4.98 Å². The maximum absolute atomic E-state index is 13.1. The molecule has 2 heterocycles. The third-order valence-corrected chi connectivity index (χ3v) is 5.10. The zero-order valence-electron chi connectivity index (χ0n) is 17.0. The number of H-pyrrole nitrogens is 1. The Morgan fingerprint density at radius 1 is 1.29 bits per heavy atom. The van der Waals surface area contributed by atoms with Gasteiger partial charge in [0, 0.05) is 19.0 Å². The van der Waals surface area contributed by atoms with E-state index in [2.05, 4.69) is 20.5 Å². The summed E-state index contributed by atoms with van der Waals surface area (Å²) in [7, 11) is 0. The quantitative estimate of drug-likeness (QED) is 0.802. The first-order chi connectivity index (χ1) is 13.3.